The first-order chi connectivity index (χ1) is 12.3. The number of imidazole rings is 1. The van der Waals surface area contributed by atoms with Crippen molar-refractivity contribution in [2.75, 3.05) is 18.4 Å². The summed E-state index contributed by atoms with van der Waals surface area (Å²) in [6.45, 7) is 4.84. The lowest BCUT2D eigenvalue weighted by atomic mass is 10.0. The van der Waals surface area contributed by atoms with E-state index >= 15 is 0 Å². The molecule has 26 heavy (non-hydrogen) atoms. The summed E-state index contributed by atoms with van der Waals surface area (Å²) in [6.07, 6.45) is -2.37. The quantitative estimate of drug-likeness (QED) is 0.848. The number of carbonyl (C=O) groups is 1. The molecule has 1 fully saturated rings. The Hall–Kier alpha value is -2.32. The van der Waals surface area contributed by atoms with Crippen LogP contribution in [0.4, 0.5) is 19.0 Å². The standard InChI is InChI=1S/C17H22F3N5O/c1-3-5-11-8-15(26)24(9-11)10-12-16(17(18,19)20)22-14-7-6-13(21-4-2)23-25(12)14/h6-7,11H,3-5,8-10H2,1-2H3,(H,21,23). The van der Waals surface area contributed by atoms with Gasteiger partial charge in [-0.05, 0) is 31.4 Å². The molecule has 0 spiro atoms. The van der Waals surface area contributed by atoms with Crippen LogP contribution in [-0.2, 0) is 17.5 Å². The van der Waals surface area contributed by atoms with Crippen LogP contribution >= 0.6 is 0 Å². The van der Waals surface area contributed by atoms with E-state index in [4.69, 9.17) is 0 Å². The first-order valence-corrected chi connectivity index (χ1v) is 8.81. The Balaban J connectivity index is 1.99. The van der Waals surface area contributed by atoms with Gasteiger partial charge in [0.05, 0.1) is 12.2 Å². The predicted octanol–water partition coefficient (Wildman–Crippen LogP) is 3.33. The topological polar surface area (TPSA) is 62.5 Å². The zero-order valence-electron chi connectivity index (χ0n) is 14.8. The monoisotopic (exact) mass is 369 g/mol. The van der Waals surface area contributed by atoms with Crippen LogP contribution in [0.25, 0.3) is 5.65 Å². The lowest BCUT2D eigenvalue weighted by Gasteiger charge is -2.17. The molecule has 3 rings (SSSR count). The number of amides is 1. The summed E-state index contributed by atoms with van der Waals surface area (Å²) in [5.41, 5.74) is -0.964. The molecule has 1 aliphatic heterocycles. The van der Waals surface area contributed by atoms with Crippen LogP contribution in [0.5, 0.6) is 0 Å². The summed E-state index contributed by atoms with van der Waals surface area (Å²) < 4.78 is 41.6. The second kappa shape index (κ2) is 7.13. The number of hydrogen-bond donors (Lipinski definition) is 1. The van der Waals surface area contributed by atoms with E-state index in [1.807, 2.05) is 13.8 Å². The third-order valence-electron chi connectivity index (χ3n) is 4.53. The molecule has 0 aromatic carbocycles. The van der Waals surface area contributed by atoms with E-state index in [-0.39, 0.29) is 29.7 Å². The third kappa shape index (κ3) is 3.61. The van der Waals surface area contributed by atoms with Gasteiger partial charge in [-0.15, -0.1) is 5.10 Å². The molecule has 1 N–H and O–H groups in total. The Morgan fingerprint density at radius 2 is 2.08 bits per heavy atom. The number of rotatable bonds is 6. The van der Waals surface area contributed by atoms with E-state index in [9.17, 15) is 18.0 Å². The predicted molar refractivity (Wildman–Crippen MR) is 90.6 cm³/mol. The lowest BCUT2D eigenvalue weighted by Crippen LogP contribution is -2.27. The van der Waals surface area contributed by atoms with Crippen LogP contribution in [0.15, 0.2) is 12.1 Å². The highest BCUT2D eigenvalue weighted by Crippen LogP contribution is 2.33. The molecule has 0 radical (unpaired) electrons. The number of fused-ring (bicyclic) bond motifs is 1. The third-order valence-corrected chi connectivity index (χ3v) is 4.53. The zero-order chi connectivity index (χ0) is 18.9. The lowest BCUT2D eigenvalue weighted by molar-refractivity contribution is -0.142. The molecule has 2 aromatic heterocycles. The van der Waals surface area contributed by atoms with Gasteiger partial charge in [0.15, 0.2) is 11.3 Å². The first-order valence-electron chi connectivity index (χ1n) is 8.81. The number of likely N-dealkylation sites (tertiary alicyclic amines) is 1. The van der Waals surface area contributed by atoms with Gasteiger partial charge < -0.3 is 10.2 Å². The summed E-state index contributed by atoms with van der Waals surface area (Å²) in [7, 11) is 0. The SMILES string of the molecule is CCCC1CC(=O)N(Cc2c(C(F)(F)F)nc3ccc(NCC)nn23)C1. The number of anilines is 1. The highest BCUT2D eigenvalue weighted by molar-refractivity contribution is 5.78. The molecule has 142 valence electrons. The normalized spacial score (nSPS) is 18.1. The Morgan fingerprint density at radius 3 is 2.73 bits per heavy atom. The van der Waals surface area contributed by atoms with Crippen LogP contribution in [0.3, 0.4) is 0 Å². The van der Waals surface area contributed by atoms with Crippen molar-refractivity contribution in [3.8, 4) is 0 Å². The minimum absolute atomic E-state index is 0.0993. The maximum absolute atomic E-state index is 13.5. The fraction of sp³-hybridized carbons (Fsp3) is 0.588. The number of alkyl halides is 3. The van der Waals surface area contributed by atoms with Crippen LogP contribution in [0.2, 0.25) is 0 Å². The van der Waals surface area contributed by atoms with E-state index in [2.05, 4.69) is 15.4 Å². The Kier molecular flexibility index (Phi) is 5.06. The van der Waals surface area contributed by atoms with E-state index in [0.717, 1.165) is 12.8 Å². The summed E-state index contributed by atoms with van der Waals surface area (Å²) in [4.78, 5) is 17.4. The summed E-state index contributed by atoms with van der Waals surface area (Å²) in [6, 6.07) is 3.09. The van der Waals surface area contributed by atoms with Crippen LogP contribution in [-0.4, -0.2) is 38.5 Å². The zero-order valence-corrected chi connectivity index (χ0v) is 14.8. The Bertz CT molecular complexity index is 802. The molecule has 2 aromatic rings. The van der Waals surface area contributed by atoms with Crippen molar-refractivity contribution in [3.05, 3.63) is 23.5 Å². The molecule has 1 atom stereocenters. The molecule has 0 bridgehead atoms. The van der Waals surface area contributed by atoms with Crippen molar-refractivity contribution < 1.29 is 18.0 Å². The van der Waals surface area contributed by atoms with Crippen molar-refractivity contribution in [1.29, 1.82) is 0 Å². The maximum Gasteiger partial charge on any atom is 0.435 e. The molecule has 3 heterocycles. The maximum atomic E-state index is 13.5. The van der Waals surface area contributed by atoms with Crippen LogP contribution < -0.4 is 5.32 Å². The van der Waals surface area contributed by atoms with E-state index in [0.29, 0.717) is 25.3 Å². The number of nitrogens with one attached hydrogen (secondary N) is 1. The second-order valence-corrected chi connectivity index (χ2v) is 6.56. The van der Waals surface area contributed by atoms with Gasteiger partial charge in [0, 0.05) is 19.5 Å². The molecule has 1 amide bonds. The number of aromatic nitrogens is 3. The van der Waals surface area contributed by atoms with Crippen LogP contribution in [0.1, 0.15) is 44.5 Å². The van der Waals surface area contributed by atoms with Gasteiger partial charge in [0.1, 0.15) is 5.82 Å². The van der Waals surface area contributed by atoms with Gasteiger partial charge in [-0.2, -0.15) is 13.2 Å². The average Bonchev–Trinajstić information content (AvgIpc) is 3.09. The molecular weight excluding hydrogens is 347 g/mol. The van der Waals surface area contributed by atoms with E-state index in [1.54, 1.807) is 6.07 Å². The van der Waals surface area contributed by atoms with Gasteiger partial charge in [-0.1, -0.05) is 13.3 Å². The Labute approximate surface area is 149 Å². The molecule has 6 nitrogen and oxygen atoms in total. The highest BCUT2D eigenvalue weighted by atomic mass is 19.4. The van der Waals surface area contributed by atoms with Crippen molar-refractivity contribution in [2.24, 2.45) is 5.92 Å². The van der Waals surface area contributed by atoms with Gasteiger partial charge in [0.25, 0.3) is 0 Å². The molecule has 1 aliphatic rings. The average molecular weight is 369 g/mol. The fourth-order valence-electron chi connectivity index (χ4n) is 3.41. The molecule has 1 saturated heterocycles. The minimum Gasteiger partial charge on any atom is -0.369 e. The van der Waals surface area contributed by atoms with E-state index in [1.165, 1.54) is 15.5 Å². The number of nitrogens with zero attached hydrogens (tertiary/aromatic N) is 4. The fourth-order valence-corrected chi connectivity index (χ4v) is 3.41. The number of hydrogen-bond acceptors (Lipinski definition) is 4. The largest absolute Gasteiger partial charge is 0.435 e. The summed E-state index contributed by atoms with van der Waals surface area (Å²) in [5, 5.41) is 7.21. The number of carbonyl (C=O) groups excluding carboxylic acids is 1. The van der Waals surface area contributed by atoms with Gasteiger partial charge in [0.2, 0.25) is 5.91 Å². The second-order valence-electron chi connectivity index (χ2n) is 6.56. The molecule has 0 aliphatic carbocycles. The van der Waals surface area contributed by atoms with Crippen molar-refractivity contribution in [1.82, 2.24) is 19.5 Å². The minimum atomic E-state index is -4.60. The molecule has 0 saturated carbocycles. The van der Waals surface area contributed by atoms with E-state index < -0.39 is 11.9 Å². The molecule has 1 unspecified atom stereocenters. The van der Waals surface area contributed by atoms with Crippen LogP contribution in [0, 0.1) is 5.92 Å². The van der Waals surface area contributed by atoms with Gasteiger partial charge >= 0.3 is 6.18 Å². The highest BCUT2D eigenvalue weighted by Gasteiger charge is 2.40. The Morgan fingerprint density at radius 1 is 1.31 bits per heavy atom. The van der Waals surface area contributed by atoms with Gasteiger partial charge in [-0.3, -0.25) is 4.79 Å². The number of halogens is 3. The van der Waals surface area contributed by atoms with Crippen molar-refractivity contribution in [2.45, 2.75) is 45.8 Å². The van der Waals surface area contributed by atoms with Gasteiger partial charge in [-0.25, -0.2) is 9.50 Å². The summed E-state index contributed by atoms with van der Waals surface area (Å²) >= 11 is 0. The smallest absolute Gasteiger partial charge is 0.369 e. The molecular formula is C17H22F3N5O. The van der Waals surface area contributed by atoms with Crippen molar-refractivity contribution >= 4 is 17.4 Å². The molecule has 9 heteroatoms. The summed E-state index contributed by atoms with van der Waals surface area (Å²) in [5.74, 6) is 0.546. The first kappa shape index (κ1) is 18.5. The van der Waals surface area contributed by atoms with Crippen molar-refractivity contribution in [3.63, 3.8) is 0 Å².